The Hall–Kier alpha value is -2.32. The SMILES string of the molecule is O=C(Cn1c(=S)[nH]c2ccccc2c1=O)Nc1nccs1. The normalized spacial score (nSPS) is 10.7. The zero-order chi connectivity index (χ0) is 14.8. The second-order valence-corrected chi connectivity index (χ2v) is 5.53. The minimum atomic E-state index is -0.346. The number of amides is 1. The first kappa shape index (κ1) is 13.7. The van der Waals surface area contributed by atoms with Gasteiger partial charge in [-0.3, -0.25) is 14.2 Å². The lowest BCUT2D eigenvalue weighted by Gasteiger charge is -2.07. The van der Waals surface area contributed by atoms with E-state index in [0.29, 0.717) is 16.0 Å². The van der Waals surface area contributed by atoms with Gasteiger partial charge >= 0.3 is 0 Å². The molecule has 106 valence electrons. The fraction of sp³-hybridized carbons (Fsp3) is 0.0769. The zero-order valence-electron chi connectivity index (χ0n) is 10.7. The number of hydrogen-bond donors (Lipinski definition) is 2. The molecule has 0 spiro atoms. The van der Waals surface area contributed by atoms with E-state index in [9.17, 15) is 9.59 Å². The first-order chi connectivity index (χ1) is 10.1. The molecule has 0 atom stereocenters. The van der Waals surface area contributed by atoms with Gasteiger partial charge < -0.3 is 10.3 Å². The van der Waals surface area contributed by atoms with E-state index in [1.807, 2.05) is 6.07 Å². The molecule has 0 saturated heterocycles. The molecule has 2 aromatic heterocycles. The van der Waals surface area contributed by atoms with Crippen LogP contribution >= 0.6 is 23.6 Å². The lowest BCUT2D eigenvalue weighted by Crippen LogP contribution is -2.29. The molecule has 3 aromatic rings. The minimum Gasteiger partial charge on any atom is -0.332 e. The van der Waals surface area contributed by atoms with Crippen molar-refractivity contribution < 1.29 is 4.79 Å². The van der Waals surface area contributed by atoms with Crippen LogP contribution in [0.1, 0.15) is 0 Å². The van der Waals surface area contributed by atoms with Gasteiger partial charge in [0.25, 0.3) is 5.56 Å². The van der Waals surface area contributed by atoms with Crippen LogP contribution in [-0.4, -0.2) is 20.4 Å². The molecule has 0 aliphatic heterocycles. The third-order valence-electron chi connectivity index (χ3n) is 2.87. The van der Waals surface area contributed by atoms with Crippen molar-refractivity contribution in [3.63, 3.8) is 0 Å². The van der Waals surface area contributed by atoms with E-state index in [0.717, 1.165) is 0 Å². The first-order valence-electron chi connectivity index (χ1n) is 6.06. The molecule has 2 heterocycles. The molecule has 0 aliphatic rings. The largest absolute Gasteiger partial charge is 0.332 e. The summed E-state index contributed by atoms with van der Waals surface area (Å²) < 4.78 is 1.45. The Morgan fingerprint density at radius 3 is 3.00 bits per heavy atom. The molecule has 0 aliphatic carbocycles. The van der Waals surface area contributed by atoms with Crippen LogP contribution < -0.4 is 10.9 Å². The predicted octanol–water partition coefficient (Wildman–Crippen LogP) is 2.15. The highest BCUT2D eigenvalue weighted by Gasteiger charge is 2.10. The number of hydrogen-bond acceptors (Lipinski definition) is 5. The molecule has 21 heavy (non-hydrogen) atoms. The molecule has 0 fully saturated rings. The number of nitrogens with one attached hydrogen (secondary N) is 2. The quantitative estimate of drug-likeness (QED) is 0.725. The number of H-pyrrole nitrogens is 1. The number of thiazole rings is 1. The topological polar surface area (TPSA) is 79.8 Å². The van der Waals surface area contributed by atoms with E-state index in [1.54, 1.807) is 29.8 Å². The third kappa shape index (κ3) is 2.76. The summed E-state index contributed by atoms with van der Waals surface area (Å²) in [5.41, 5.74) is 0.368. The Morgan fingerprint density at radius 2 is 2.24 bits per heavy atom. The van der Waals surface area contributed by atoms with Crippen LogP contribution in [0.2, 0.25) is 0 Å². The standard InChI is InChI=1S/C13H10N4O2S2/c18-10(16-12-14-5-6-21-12)7-17-11(19)8-3-1-2-4-9(8)15-13(17)20/h1-6H,7H2,(H,15,20)(H,14,16,18). The maximum atomic E-state index is 12.4. The number of carbonyl (C=O) groups is 1. The van der Waals surface area contributed by atoms with Crippen LogP contribution in [0.5, 0.6) is 0 Å². The maximum absolute atomic E-state index is 12.4. The van der Waals surface area contributed by atoms with E-state index in [-0.39, 0.29) is 22.8 Å². The van der Waals surface area contributed by atoms with Crippen LogP contribution in [0.3, 0.4) is 0 Å². The molecule has 0 saturated carbocycles. The Balaban J connectivity index is 1.95. The highest BCUT2D eigenvalue weighted by Crippen LogP contribution is 2.10. The van der Waals surface area contributed by atoms with Crippen LogP contribution in [0.25, 0.3) is 10.9 Å². The van der Waals surface area contributed by atoms with Crippen molar-refractivity contribution in [2.75, 3.05) is 5.32 Å². The molecular formula is C13H10N4O2S2. The average Bonchev–Trinajstić information content (AvgIpc) is 2.96. The molecule has 3 rings (SSSR count). The van der Waals surface area contributed by atoms with Gasteiger partial charge in [-0.15, -0.1) is 11.3 Å². The minimum absolute atomic E-state index is 0.154. The number of aromatic nitrogens is 3. The molecule has 0 bridgehead atoms. The molecule has 0 unspecified atom stereocenters. The Bertz CT molecular complexity index is 912. The van der Waals surface area contributed by atoms with E-state index < -0.39 is 0 Å². The number of fused-ring (bicyclic) bond motifs is 1. The van der Waals surface area contributed by atoms with Crippen LogP contribution in [-0.2, 0) is 11.3 Å². The summed E-state index contributed by atoms with van der Waals surface area (Å²) in [7, 11) is 0. The molecular weight excluding hydrogens is 308 g/mol. The van der Waals surface area contributed by atoms with Crippen molar-refractivity contribution in [2.45, 2.75) is 6.54 Å². The van der Waals surface area contributed by atoms with Gasteiger partial charge in [-0.25, -0.2) is 4.98 Å². The Morgan fingerprint density at radius 1 is 1.43 bits per heavy atom. The lowest BCUT2D eigenvalue weighted by molar-refractivity contribution is -0.116. The number of rotatable bonds is 3. The van der Waals surface area contributed by atoms with Crippen LogP contribution in [0.15, 0.2) is 40.6 Å². The number of para-hydroxylation sites is 1. The monoisotopic (exact) mass is 318 g/mol. The highest BCUT2D eigenvalue weighted by molar-refractivity contribution is 7.71. The predicted molar refractivity (Wildman–Crippen MR) is 84.1 cm³/mol. The first-order valence-corrected chi connectivity index (χ1v) is 7.35. The number of benzene rings is 1. The zero-order valence-corrected chi connectivity index (χ0v) is 12.3. The molecule has 2 N–H and O–H groups in total. The number of anilines is 1. The number of aromatic amines is 1. The molecule has 1 aromatic carbocycles. The molecule has 8 heteroatoms. The van der Waals surface area contributed by atoms with Crippen molar-refractivity contribution in [3.8, 4) is 0 Å². The average molecular weight is 318 g/mol. The van der Waals surface area contributed by atoms with E-state index in [1.165, 1.54) is 15.9 Å². The Labute approximate surface area is 128 Å². The van der Waals surface area contributed by atoms with Gasteiger partial charge in [-0.05, 0) is 24.4 Å². The van der Waals surface area contributed by atoms with Crippen molar-refractivity contribution in [2.24, 2.45) is 0 Å². The summed E-state index contributed by atoms with van der Waals surface area (Å²) in [5.74, 6) is -0.346. The second kappa shape index (κ2) is 5.58. The van der Waals surface area contributed by atoms with E-state index >= 15 is 0 Å². The third-order valence-corrected chi connectivity index (χ3v) is 3.88. The second-order valence-electron chi connectivity index (χ2n) is 4.25. The van der Waals surface area contributed by atoms with Crippen molar-refractivity contribution >= 4 is 45.5 Å². The molecule has 1 amide bonds. The van der Waals surface area contributed by atoms with E-state index in [4.69, 9.17) is 12.2 Å². The lowest BCUT2D eigenvalue weighted by atomic mass is 10.2. The number of nitrogens with zero attached hydrogens (tertiary/aromatic N) is 2. The summed E-state index contributed by atoms with van der Waals surface area (Å²) in [6.07, 6.45) is 1.59. The summed E-state index contributed by atoms with van der Waals surface area (Å²) >= 11 is 6.46. The Kier molecular flexibility index (Phi) is 3.63. The smallest absolute Gasteiger partial charge is 0.262 e. The van der Waals surface area contributed by atoms with Gasteiger partial charge in [0.2, 0.25) is 5.91 Å². The highest BCUT2D eigenvalue weighted by atomic mass is 32.1. The van der Waals surface area contributed by atoms with Gasteiger partial charge in [0.1, 0.15) is 6.54 Å². The van der Waals surface area contributed by atoms with Crippen LogP contribution in [0.4, 0.5) is 5.13 Å². The fourth-order valence-corrected chi connectivity index (χ4v) is 2.73. The van der Waals surface area contributed by atoms with Gasteiger partial charge in [0, 0.05) is 11.6 Å². The summed E-state index contributed by atoms with van der Waals surface area (Å²) in [5, 5.41) is 5.36. The van der Waals surface area contributed by atoms with Crippen LogP contribution in [0, 0.1) is 4.77 Å². The van der Waals surface area contributed by atoms with E-state index in [2.05, 4.69) is 15.3 Å². The summed E-state index contributed by atoms with van der Waals surface area (Å²) in [6.45, 7) is -0.154. The van der Waals surface area contributed by atoms with Gasteiger partial charge in [-0.2, -0.15) is 0 Å². The van der Waals surface area contributed by atoms with Gasteiger partial charge in [0.05, 0.1) is 10.9 Å². The molecule has 6 nitrogen and oxygen atoms in total. The summed E-state index contributed by atoms with van der Waals surface area (Å²) in [6, 6.07) is 7.04. The van der Waals surface area contributed by atoms with Gasteiger partial charge in [0.15, 0.2) is 9.90 Å². The maximum Gasteiger partial charge on any atom is 0.262 e. The molecule has 0 radical (unpaired) electrons. The summed E-state index contributed by atoms with van der Waals surface area (Å²) in [4.78, 5) is 31.2. The van der Waals surface area contributed by atoms with Crippen molar-refractivity contribution in [1.29, 1.82) is 0 Å². The van der Waals surface area contributed by atoms with Gasteiger partial charge in [-0.1, -0.05) is 12.1 Å². The number of carbonyl (C=O) groups excluding carboxylic acids is 1. The fourth-order valence-electron chi connectivity index (χ4n) is 1.93. The van der Waals surface area contributed by atoms with Crippen molar-refractivity contribution in [1.82, 2.24) is 14.5 Å². The van der Waals surface area contributed by atoms with Crippen molar-refractivity contribution in [3.05, 3.63) is 51.0 Å².